The summed E-state index contributed by atoms with van der Waals surface area (Å²) >= 11 is 9.46. The molecule has 0 spiro atoms. The minimum atomic E-state index is -0.419. The summed E-state index contributed by atoms with van der Waals surface area (Å²) in [5.41, 5.74) is 0.447. The molecule has 0 bridgehead atoms. The van der Waals surface area contributed by atoms with Crippen LogP contribution in [0.5, 0.6) is 0 Å². The summed E-state index contributed by atoms with van der Waals surface area (Å²) in [4.78, 5) is 25.0. The molecule has 0 saturated carbocycles. The molecule has 122 valence electrons. The maximum absolute atomic E-state index is 12.7. The highest BCUT2D eigenvalue weighted by Crippen LogP contribution is 2.26. The van der Waals surface area contributed by atoms with E-state index in [4.69, 9.17) is 11.6 Å². The number of amides is 1. The summed E-state index contributed by atoms with van der Waals surface area (Å²) in [6, 6.07) is 12.1. The zero-order chi connectivity index (χ0) is 17.3. The maximum Gasteiger partial charge on any atom is 0.276 e. The molecule has 0 aliphatic carbocycles. The molecule has 0 unspecified atom stereocenters. The monoisotopic (exact) mass is 405 g/mol. The molecule has 2 aromatic carbocycles. The van der Waals surface area contributed by atoms with E-state index < -0.39 is 5.91 Å². The summed E-state index contributed by atoms with van der Waals surface area (Å²) < 4.78 is 2.09. The summed E-state index contributed by atoms with van der Waals surface area (Å²) in [5.74, 6) is -0.419. The van der Waals surface area contributed by atoms with E-state index in [1.165, 1.54) is 4.68 Å². The van der Waals surface area contributed by atoms with Gasteiger partial charge in [0.2, 0.25) is 0 Å². The van der Waals surface area contributed by atoms with Crippen LogP contribution in [-0.4, -0.2) is 15.7 Å². The van der Waals surface area contributed by atoms with E-state index in [0.29, 0.717) is 28.0 Å². The van der Waals surface area contributed by atoms with Crippen LogP contribution in [0.2, 0.25) is 5.02 Å². The van der Waals surface area contributed by atoms with Crippen molar-refractivity contribution in [2.24, 2.45) is 0 Å². The number of fused-ring (bicyclic) bond motifs is 1. The average Bonchev–Trinajstić information content (AvgIpc) is 2.58. The first-order chi connectivity index (χ1) is 11.5. The van der Waals surface area contributed by atoms with E-state index in [2.05, 4.69) is 26.3 Å². The Hall–Kier alpha value is -2.18. The Morgan fingerprint density at radius 3 is 2.62 bits per heavy atom. The van der Waals surface area contributed by atoms with Gasteiger partial charge in [-0.15, -0.1) is 0 Å². The largest absolute Gasteiger partial charge is 0.319 e. The SMILES string of the molecule is CCn1nc(C(=O)Nc2ccc(Br)cc2Cl)c2ccccc2c1=O. The second kappa shape index (κ2) is 6.75. The lowest BCUT2D eigenvalue weighted by Crippen LogP contribution is -2.27. The standard InChI is InChI=1S/C17H13BrClN3O2/c1-2-22-17(24)12-6-4-3-5-11(12)15(21-22)16(23)20-14-8-7-10(18)9-13(14)19/h3-9H,2H2,1H3,(H,20,23). The number of carbonyl (C=O) groups is 1. The third-order valence-electron chi connectivity index (χ3n) is 3.56. The first-order valence-electron chi connectivity index (χ1n) is 7.27. The van der Waals surface area contributed by atoms with E-state index in [0.717, 1.165) is 4.47 Å². The topological polar surface area (TPSA) is 64.0 Å². The Morgan fingerprint density at radius 1 is 1.25 bits per heavy atom. The number of hydrogen-bond acceptors (Lipinski definition) is 3. The van der Waals surface area contributed by atoms with Crippen molar-refractivity contribution in [2.75, 3.05) is 5.32 Å². The van der Waals surface area contributed by atoms with Gasteiger partial charge >= 0.3 is 0 Å². The van der Waals surface area contributed by atoms with Crippen molar-refractivity contribution in [1.82, 2.24) is 9.78 Å². The number of aryl methyl sites for hydroxylation is 1. The maximum atomic E-state index is 12.7. The first-order valence-corrected chi connectivity index (χ1v) is 8.44. The van der Waals surface area contributed by atoms with E-state index in [9.17, 15) is 9.59 Å². The second-order valence-corrected chi connectivity index (χ2v) is 6.42. The summed E-state index contributed by atoms with van der Waals surface area (Å²) in [6.45, 7) is 2.18. The van der Waals surface area contributed by atoms with Gasteiger partial charge in [-0.2, -0.15) is 5.10 Å². The summed E-state index contributed by atoms with van der Waals surface area (Å²) in [6.07, 6.45) is 0. The average molecular weight is 407 g/mol. The fourth-order valence-electron chi connectivity index (χ4n) is 2.39. The molecule has 3 aromatic rings. The van der Waals surface area contributed by atoms with Crippen LogP contribution in [-0.2, 0) is 6.54 Å². The van der Waals surface area contributed by atoms with Gasteiger partial charge in [-0.3, -0.25) is 9.59 Å². The third kappa shape index (κ3) is 3.07. The molecule has 0 radical (unpaired) electrons. The Bertz CT molecular complexity index is 1000. The molecule has 5 nitrogen and oxygen atoms in total. The van der Waals surface area contributed by atoms with Gasteiger partial charge in [0, 0.05) is 16.4 Å². The molecule has 0 atom stereocenters. The Balaban J connectivity index is 2.10. The molecule has 1 N–H and O–H groups in total. The summed E-state index contributed by atoms with van der Waals surface area (Å²) in [7, 11) is 0. The molecule has 1 amide bonds. The Morgan fingerprint density at radius 2 is 1.96 bits per heavy atom. The van der Waals surface area contributed by atoms with Gasteiger partial charge in [0.15, 0.2) is 5.69 Å². The van der Waals surface area contributed by atoms with Gasteiger partial charge in [0.25, 0.3) is 11.5 Å². The predicted molar refractivity (Wildman–Crippen MR) is 98.8 cm³/mol. The number of halogens is 2. The Labute approximate surface area is 151 Å². The zero-order valence-corrected chi connectivity index (χ0v) is 15.1. The smallest absolute Gasteiger partial charge is 0.276 e. The number of nitrogens with zero attached hydrogens (tertiary/aromatic N) is 2. The number of rotatable bonds is 3. The van der Waals surface area contributed by atoms with Crippen LogP contribution < -0.4 is 10.9 Å². The number of carbonyl (C=O) groups excluding carboxylic acids is 1. The van der Waals surface area contributed by atoms with Gasteiger partial charge < -0.3 is 5.32 Å². The van der Waals surface area contributed by atoms with Crippen LogP contribution in [0.3, 0.4) is 0 Å². The molecule has 0 fully saturated rings. The number of anilines is 1. The molecule has 0 aliphatic rings. The zero-order valence-electron chi connectivity index (χ0n) is 12.7. The predicted octanol–water partition coefficient (Wildman–Crippen LogP) is 4.08. The fourth-order valence-corrected chi connectivity index (χ4v) is 3.11. The minimum Gasteiger partial charge on any atom is -0.319 e. The molecule has 1 heterocycles. The third-order valence-corrected chi connectivity index (χ3v) is 4.37. The van der Waals surface area contributed by atoms with Crippen molar-refractivity contribution in [3.63, 3.8) is 0 Å². The normalized spacial score (nSPS) is 10.8. The molecule has 7 heteroatoms. The Kier molecular flexibility index (Phi) is 4.69. The van der Waals surface area contributed by atoms with E-state index in [-0.39, 0.29) is 11.3 Å². The van der Waals surface area contributed by atoms with Gasteiger partial charge in [0.05, 0.1) is 16.1 Å². The van der Waals surface area contributed by atoms with Crippen molar-refractivity contribution >= 4 is 49.9 Å². The molecule has 1 aromatic heterocycles. The van der Waals surface area contributed by atoms with Crippen LogP contribution >= 0.6 is 27.5 Å². The van der Waals surface area contributed by atoms with Crippen LogP contribution in [0.25, 0.3) is 10.8 Å². The number of aromatic nitrogens is 2. The number of hydrogen-bond donors (Lipinski definition) is 1. The van der Waals surface area contributed by atoms with E-state index in [1.807, 2.05) is 0 Å². The molecular weight excluding hydrogens is 394 g/mol. The van der Waals surface area contributed by atoms with Crippen molar-refractivity contribution in [3.8, 4) is 0 Å². The minimum absolute atomic E-state index is 0.186. The van der Waals surface area contributed by atoms with E-state index >= 15 is 0 Å². The van der Waals surface area contributed by atoms with E-state index in [1.54, 1.807) is 49.4 Å². The van der Waals surface area contributed by atoms with Crippen LogP contribution in [0.4, 0.5) is 5.69 Å². The summed E-state index contributed by atoms with van der Waals surface area (Å²) in [5, 5.41) is 8.33. The fraction of sp³-hybridized carbons (Fsp3) is 0.118. The molecule has 0 saturated heterocycles. The highest BCUT2D eigenvalue weighted by Gasteiger charge is 2.17. The molecule has 3 rings (SSSR count). The molecular formula is C17H13BrClN3O2. The van der Waals surface area contributed by atoms with Gasteiger partial charge in [-0.1, -0.05) is 45.7 Å². The number of nitrogens with one attached hydrogen (secondary N) is 1. The highest BCUT2D eigenvalue weighted by molar-refractivity contribution is 9.10. The van der Waals surface area contributed by atoms with Crippen LogP contribution in [0, 0.1) is 0 Å². The highest BCUT2D eigenvalue weighted by atomic mass is 79.9. The lowest BCUT2D eigenvalue weighted by atomic mass is 10.1. The first kappa shape index (κ1) is 16.7. The quantitative estimate of drug-likeness (QED) is 0.713. The van der Waals surface area contributed by atoms with Crippen molar-refractivity contribution in [1.29, 1.82) is 0 Å². The lowest BCUT2D eigenvalue weighted by Gasteiger charge is -2.11. The van der Waals surface area contributed by atoms with Crippen LogP contribution in [0.1, 0.15) is 17.4 Å². The van der Waals surface area contributed by atoms with Crippen LogP contribution in [0.15, 0.2) is 51.7 Å². The lowest BCUT2D eigenvalue weighted by molar-refractivity contribution is 0.102. The number of benzene rings is 2. The van der Waals surface area contributed by atoms with Gasteiger partial charge in [0.1, 0.15) is 0 Å². The van der Waals surface area contributed by atoms with Gasteiger partial charge in [-0.25, -0.2) is 4.68 Å². The molecule has 0 aliphatic heterocycles. The second-order valence-electron chi connectivity index (χ2n) is 5.09. The molecule has 24 heavy (non-hydrogen) atoms. The van der Waals surface area contributed by atoms with Gasteiger partial charge in [-0.05, 0) is 31.2 Å². The van der Waals surface area contributed by atoms with Crippen molar-refractivity contribution < 1.29 is 4.79 Å². The van der Waals surface area contributed by atoms with Crippen molar-refractivity contribution in [3.05, 3.63) is 68.0 Å². The van der Waals surface area contributed by atoms with Crippen molar-refractivity contribution in [2.45, 2.75) is 13.5 Å².